The van der Waals surface area contributed by atoms with E-state index < -0.39 is 5.60 Å². The quantitative estimate of drug-likeness (QED) is 0.801. The molecule has 16 heavy (non-hydrogen) atoms. The molecule has 2 unspecified atom stereocenters. The summed E-state index contributed by atoms with van der Waals surface area (Å²) in [6.07, 6.45) is 7.39. The lowest BCUT2D eigenvalue weighted by atomic mass is 9.69. The number of hydrogen-bond donors (Lipinski definition) is 1. The van der Waals surface area contributed by atoms with Crippen LogP contribution in [0.4, 0.5) is 0 Å². The van der Waals surface area contributed by atoms with Crippen molar-refractivity contribution in [3.63, 3.8) is 0 Å². The summed E-state index contributed by atoms with van der Waals surface area (Å²) in [5, 5.41) is 10.7. The summed E-state index contributed by atoms with van der Waals surface area (Å²) in [7, 11) is 0. The summed E-state index contributed by atoms with van der Waals surface area (Å²) in [5.41, 5.74) is -0.491. The fourth-order valence-electron chi connectivity index (χ4n) is 3.48. The van der Waals surface area contributed by atoms with Crippen molar-refractivity contribution in [2.45, 2.75) is 58.0 Å². The van der Waals surface area contributed by atoms with Gasteiger partial charge < -0.3 is 9.84 Å². The lowest BCUT2D eigenvalue weighted by Crippen LogP contribution is -2.44. The van der Waals surface area contributed by atoms with Crippen LogP contribution < -0.4 is 0 Å². The van der Waals surface area contributed by atoms with Gasteiger partial charge in [-0.3, -0.25) is 0 Å². The highest BCUT2D eigenvalue weighted by atomic mass is 16.5. The molecule has 2 nitrogen and oxygen atoms in total. The molecule has 0 radical (unpaired) electrons. The van der Waals surface area contributed by atoms with Crippen molar-refractivity contribution in [1.29, 1.82) is 0 Å². The zero-order chi connectivity index (χ0) is 11.6. The second-order valence-electron chi connectivity index (χ2n) is 5.91. The average Bonchev–Trinajstić information content (AvgIpc) is 2.83. The van der Waals surface area contributed by atoms with Gasteiger partial charge in [0.15, 0.2) is 0 Å². The summed E-state index contributed by atoms with van der Waals surface area (Å²) in [5.74, 6) is 1.78. The molecular weight excluding hydrogens is 200 g/mol. The number of aliphatic hydroxyl groups is 1. The van der Waals surface area contributed by atoms with Gasteiger partial charge in [0.2, 0.25) is 0 Å². The Hall–Kier alpha value is -0.0800. The molecule has 2 fully saturated rings. The fourth-order valence-corrected chi connectivity index (χ4v) is 3.48. The van der Waals surface area contributed by atoms with Crippen LogP contribution in [-0.4, -0.2) is 23.9 Å². The molecule has 1 N–H and O–H groups in total. The summed E-state index contributed by atoms with van der Waals surface area (Å²) in [6, 6.07) is 0. The van der Waals surface area contributed by atoms with Crippen LogP contribution in [0, 0.1) is 17.8 Å². The minimum atomic E-state index is -0.491. The topological polar surface area (TPSA) is 29.5 Å². The zero-order valence-electron chi connectivity index (χ0n) is 10.7. The first-order valence-corrected chi connectivity index (χ1v) is 6.94. The molecule has 1 heterocycles. The molecule has 0 bridgehead atoms. The molecule has 0 aromatic heterocycles. The van der Waals surface area contributed by atoms with Gasteiger partial charge in [-0.25, -0.2) is 0 Å². The van der Waals surface area contributed by atoms with Crippen molar-refractivity contribution in [2.24, 2.45) is 17.8 Å². The third-order valence-electron chi connectivity index (χ3n) is 5.01. The van der Waals surface area contributed by atoms with Gasteiger partial charge in [-0.2, -0.15) is 0 Å². The Labute approximate surface area is 99.4 Å². The van der Waals surface area contributed by atoms with Crippen LogP contribution in [0.2, 0.25) is 0 Å². The highest BCUT2D eigenvalue weighted by Crippen LogP contribution is 2.41. The minimum Gasteiger partial charge on any atom is -0.390 e. The third kappa shape index (κ3) is 2.43. The number of hydrogen-bond acceptors (Lipinski definition) is 2. The zero-order valence-corrected chi connectivity index (χ0v) is 10.7. The Morgan fingerprint density at radius 1 is 1.12 bits per heavy atom. The van der Waals surface area contributed by atoms with Gasteiger partial charge in [0.05, 0.1) is 12.2 Å². The van der Waals surface area contributed by atoms with Crippen molar-refractivity contribution in [2.75, 3.05) is 13.2 Å². The smallest absolute Gasteiger partial charge is 0.0698 e. The van der Waals surface area contributed by atoms with Crippen molar-refractivity contribution >= 4 is 0 Å². The van der Waals surface area contributed by atoms with E-state index in [1.807, 2.05) is 6.92 Å². The maximum atomic E-state index is 10.7. The second kappa shape index (κ2) is 5.05. The number of rotatable bonds is 3. The van der Waals surface area contributed by atoms with Gasteiger partial charge in [0, 0.05) is 12.5 Å². The van der Waals surface area contributed by atoms with Crippen LogP contribution in [0.25, 0.3) is 0 Å². The maximum Gasteiger partial charge on any atom is 0.0698 e. The highest BCUT2D eigenvalue weighted by Gasteiger charge is 2.42. The summed E-state index contributed by atoms with van der Waals surface area (Å²) >= 11 is 0. The van der Waals surface area contributed by atoms with Gasteiger partial charge in [-0.15, -0.1) is 0 Å². The first kappa shape index (κ1) is 12.4. The Morgan fingerprint density at radius 2 is 1.81 bits per heavy atom. The van der Waals surface area contributed by atoms with Gasteiger partial charge in [-0.1, -0.05) is 26.2 Å². The summed E-state index contributed by atoms with van der Waals surface area (Å²) in [4.78, 5) is 0. The molecule has 2 atom stereocenters. The van der Waals surface area contributed by atoms with Crippen molar-refractivity contribution in [3.05, 3.63) is 0 Å². The molecule has 0 amide bonds. The van der Waals surface area contributed by atoms with E-state index in [1.54, 1.807) is 0 Å². The Kier molecular flexibility index (Phi) is 3.91. The molecular formula is C14H26O2. The molecule has 2 heteroatoms. The Morgan fingerprint density at radius 3 is 2.31 bits per heavy atom. The van der Waals surface area contributed by atoms with E-state index in [0.29, 0.717) is 11.8 Å². The van der Waals surface area contributed by atoms with Gasteiger partial charge in [0.1, 0.15) is 0 Å². The summed E-state index contributed by atoms with van der Waals surface area (Å²) in [6.45, 7) is 5.93. The second-order valence-corrected chi connectivity index (χ2v) is 5.91. The average molecular weight is 226 g/mol. The Balaban J connectivity index is 1.91. The van der Waals surface area contributed by atoms with E-state index in [0.717, 1.165) is 25.6 Å². The van der Waals surface area contributed by atoms with E-state index in [1.165, 1.54) is 32.1 Å². The lowest BCUT2D eigenvalue weighted by molar-refractivity contribution is -0.0709. The number of ether oxygens (including phenoxy) is 1. The molecule has 1 aliphatic carbocycles. The molecule has 0 spiro atoms. The fraction of sp³-hybridized carbons (Fsp3) is 1.00. The van der Waals surface area contributed by atoms with Crippen LogP contribution in [0.1, 0.15) is 52.4 Å². The van der Waals surface area contributed by atoms with Gasteiger partial charge >= 0.3 is 0 Å². The normalized spacial score (nSPS) is 39.6. The van der Waals surface area contributed by atoms with Gasteiger partial charge in [-0.05, 0) is 38.0 Å². The first-order chi connectivity index (χ1) is 7.64. The first-order valence-electron chi connectivity index (χ1n) is 6.94. The predicted octanol–water partition coefficient (Wildman–Crippen LogP) is 2.99. The summed E-state index contributed by atoms with van der Waals surface area (Å²) < 4.78 is 5.42. The molecule has 0 aromatic carbocycles. The van der Waals surface area contributed by atoms with E-state index in [9.17, 15) is 5.11 Å². The molecule has 94 valence electrons. The van der Waals surface area contributed by atoms with Crippen LogP contribution in [-0.2, 0) is 4.74 Å². The van der Waals surface area contributed by atoms with Crippen LogP contribution in [0.5, 0.6) is 0 Å². The van der Waals surface area contributed by atoms with Crippen LogP contribution in [0.15, 0.2) is 0 Å². The molecule has 1 aliphatic heterocycles. The van der Waals surface area contributed by atoms with Crippen LogP contribution >= 0.6 is 0 Å². The van der Waals surface area contributed by atoms with Crippen LogP contribution in [0.3, 0.4) is 0 Å². The maximum absolute atomic E-state index is 10.7. The Bertz CT molecular complexity index is 211. The van der Waals surface area contributed by atoms with Crippen molar-refractivity contribution < 1.29 is 9.84 Å². The largest absolute Gasteiger partial charge is 0.390 e. The lowest BCUT2D eigenvalue weighted by Gasteiger charge is -2.41. The van der Waals surface area contributed by atoms with E-state index >= 15 is 0 Å². The minimum absolute atomic E-state index is 0.371. The van der Waals surface area contributed by atoms with Crippen molar-refractivity contribution in [3.8, 4) is 0 Å². The molecule has 2 rings (SSSR count). The molecule has 2 aliphatic rings. The van der Waals surface area contributed by atoms with Crippen molar-refractivity contribution in [1.82, 2.24) is 0 Å². The van der Waals surface area contributed by atoms with E-state index in [4.69, 9.17) is 4.74 Å². The monoisotopic (exact) mass is 226 g/mol. The molecule has 1 saturated carbocycles. The van der Waals surface area contributed by atoms with Gasteiger partial charge in [0.25, 0.3) is 0 Å². The highest BCUT2D eigenvalue weighted by molar-refractivity contribution is 4.92. The molecule has 0 aromatic rings. The third-order valence-corrected chi connectivity index (χ3v) is 5.01. The van der Waals surface area contributed by atoms with E-state index in [2.05, 4.69) is 6.92 Å². The predicted molar refractivity (Wildman–Crippen MR) is 65.3 cm³/mol. The standard InChI is InChI=1S/C14H26O2/c1-3-11-4-6-12(7-5-11)14(2,15)13-8-9-16-10-13/h11-13,15H,3-10H2,1-2H3. The molecule has 1 saturated heterocycles. The van der Waals surface area contributed by atoms with E-state index in [-0.39, 0.29) is 0 Å². The SMILES string of the molecule is CCC1CCC(C(C)(O)C2CCOC2)CC1.